The zero-order valence-electron chi connectivity index (χ0n) is 20.8. The highest BCUT2D eigenvalue weighted by Gasteiger charge is 2.73. The van der Waals surface area contributed by atoms with Gasteiger partial charge in [0.05, 0.1) is 18.6 Å². The number of carboxylic acids is 1. The number of aliphatic carboxylic acids is 1. The van der Waals surface area contributed by atoms with E-state index in [2.05, 4.69) is 27.7 Å². The molecule has 0 aromatic rings. The van der Waals surface area contributed by atoms with Crippen molar-refractivity contribution in [2.45, 2.75) is 76.5 Å². The Balaban J connectivity index is 1.63. The summed E-state index contributed by atoms with van der Waals surface area (Å²) in [5.41, 5.74) is -0.596. The van der Waals surface area contributed by atoms with Crippen LogP contribution < -0.4 is 0 Å². The standard InChI is InChI=1S/C27H38O7/c1-18(2)14-15-20-26(4,34-20)25-24(31-5)23(19(3)16-27(25)17-32-27)33-22(30)13-11-9-7-6-8-10-12-21(28)29/h6-13,18-20,23-25H,14-17H2,1-5H3,(H,28,29)/t19-,20-,23-,24-,25-,26+,27+/m1/s1. The molecule has 1 saturated carbocycles. The van der Waals surface area contributed by atoms with Crippen molar-refractivity contribution in [1.82, 2.24) is 0 Å². The fourth-order valence-electron chi connectivity index (χ4n) is 5.37. The molecule has 0 amide bonds. The summed E-state index contributed by atoms with van der Waals surface area (Å²) in [4.78, 5) is 23.0. The van der Waals surface area contributed by atoms with Gasteiger partial charge in [0, 0.05) is 19.3 Å². The molecule has 3 aliphatic rings. The summed E-state index contributed by atoms with van der Waals surface area (Å²) in [6, 6.07) is 0. The lowest BCUT2D eigenvalue weighted by Crippen LogP contribution is -2.58. The molecule has 7 atom stereocenters. The first-order valence-corrected chi connectivity index (χ1v) is 12.1. The van der Waals surface area contributed by atoms with E-state index in [1.54, 1.807) is 37.5 Å². The minimum atomic E-state index is -1.00. The van der Waals surface area contributed by atoms with Crippen molar-refractivity contribution in [3.05, 3.63) is 48.6 Å². The average Bonchev–Trinajstić information content (AvgIpc) is 3.67. The zero-order valence-corrected chi connectivity index (χ0v) is 20.8. The van der Waals surface area contributed by atoms with E-state index in [4.69, 9.17) is 24.1 Å². The maximum absolute atomic E-state index is 12.6. The van der Waals surface area contributed by atoms with E-state index in [0.29, 0.717) is 12.5 Å². The van der Waals surface area contributed by atoms with E-state index in [1.165, 1.54) is 12.2 Å². The van der Waals surface area contributed by atoms with Crippen LogP contribution in [0.2, 0.25) is 0 Å². The number of carboxylic acid groups (broad SMARTS) is 1. The normalized spacial score (nSPS) is 37.5. The first kappa shape index (κ1) is 26.4. The highest BCUT2D eigenvalue weighted by atomic mass is 16.6. The predicted octanol–water partition coefficient (Wildman–Crippen LogP) is 4.24. The van der Waals surface area contributed by atoms with Gasteiger partial charge in [-0.2, -0.15) is 0 Å². The molecule has 0 radical (unpaired) electrons. The lowest BCUT2D eigenvalue weighted by atomic mass is 9.65. The molecule has 7 nitrogen and oxygen atoms in total. The molecule has 1 N–H and O–H groups in total. The number of methoxy groups -OCH3 is 1. The summed E-state index contributed by atoms with van der Waals surface area (Å²) in [6.45, 7) is 9.36. The van der Waals surface area contributed by atoms with Gasteiger partial charge in [-0.25, -0.2) is 9.59 Å². The lowest BCUT2D eigenvalue weighted by molar-refractivity contribution is -0.176. The van der Waals surface area contributed by atoms with Crippen LogP contribution in [0.3, 0.4) is 0 Å². The van der Waals surface area contributed by atoms with Crippen molar-refractivity contribution >= 4 is 11.9 Å². The van der Waals surface area contributed by atoms with Crippen LogP contribution in [-0.4, -0.2) is 60.3 Å². The van der Waals surface area contributed by atoms with Gasteiger partial charge in [0.1, 0.15) is 23.4 Å². The number of hydrogen-bond acceptors (Lipinski definition) is 6. The number of esters is 1. The fraction of sp³-hybridized carbons (Fsp3) is 0.630. The summed E-state index contributed by atoms with van der Waals surface area (Å²) < 4.78 is 24.1. The molecule has 0 aromatic carbocycles. The first-order chi connectivity index (χ1) is 16.1. The molecule has 2 heterocycles. The van der Waals surface area contributed by atoms with E-state index in [0.717, 1.165) is 25.3 Å². The van der Waals surface area contributed by atoms with Gasteiger partial charge >= 0.3 is 11.9 Å². The molecular formula is C27H38O7. The third-order valence-corrected chi connectivity index (χ3v) is 7.12. The first-order valence-electron chi connectivity index (χ1n) is 12.1. The second-order valence-corrected chi connectivity index (χ2v) is 10.2. The van der Waals surface area contributed by atoms with Crippen LogP contribution in [0.25, 0.3) is 0 Å². The van der Waals surface area contributed by atoms with Gasteiger partial charge in [0.15, 0.2) is 0 Å². The van der Waals surface area contributed by atoms with Crippen LogP contribution in [0.4, 0.5) is 0 Å². The Kier molecular flexibility index (Phi) is 8.55. The van der Waals surface area contributed by atoms with Gasteiger partial charge in [0.25, 0.3) is 0 Å². The number of rotatable bonds is 11. The summed E-state index contributed by atoms with van der Waals surface area (Å²) >= 11 is 0. The van der Waals surface area contributed by atoms with Crippen molar-refractivity contribution < 1.29 is 33.6 Å². The Morgan fingerprint density at radius 2 is 1.71 bits per heavy atom. The molecule has 3 rings (SSSR count). The Morgan fingerprint density at radius 3 is 2.26 bits per heavy atom. The topological polar surface area (TPSA) is 97.9 Å². The van der Waals surface area contributed by atoms with Gasteiger partial charge in [0.2, 0.25) is 0 Å². The minimum absolute atomic E-state index is 0.00373. The monoisotopic (exact) mass is 474 g/mol. The van der Waals surface area contributed by atoms with Crippen molar-refractivity contribution in [3.63, 3.8) is 0 Å². The van der Waals surface area contributed by atoms with E-state index in [-0.39, 0.29) is 35.2 Å². The number of carbonyl (C=O) groups is 2. The largest absolute Gasteiger partial charge is 0.478 e. The van der Waals surface area contributed by atoms with Gasteiger partial charge in [-0.05, 0) is 38.0 Å². The molecule has 188 valence electrons. The van der Waals surface area contributed by atoms with E-state index >= 15 is 0 Å². The van der Waals surface area contributed by atoms with Gasteiger partial charge in [-0.1, -0.05) is 57.2 Å². The maximum Gasteiger partial charge on any atom is 0.331 e. The lowest BCUT2D eigenvalue weighted by Gasteiger charge is -2.45. The second kappa shape index (κ2) is 11.0. The molecule has 34 heavy (non-hydrogen) atoms. The zero-order chi connectivity index (χ0) is 24.9. The van der Waals surface area contributed by atoms with Crippen LogP contribution in [-0.2, 0) is 28.5 Å². The Bertz CT molecular complexity index is 851. The molecule has 3 fully saturated rings. The summed E-state index contributed by atoms with van der Waals surface area (Å²) in [5.74, 6) is -0.711. The second-order valence-electron chi connectivity index (χ2n) is 10.2. The summed E-state index contributed by atoms with van der Waals surface area (Å²) in [5, 5.41) is 8.53. The van der Waals surface area contributed by atoms with Crippen LogP contribution in [0, 0.1) is 17.8 Å². The SMILES string of the molecule is CO[C@@H]1[C@H](OC(=O)C=CC=CC=CC=CC(=O)O)[C@H](C)C[C@]2(CO2)[C@H]1[C@@]1(C)O[C@@H]1CCC(C)C. The van der Waals surface area contributed by atoms with Crippen molar-refractivity contribution in [2.24, 2.45) is 17.8 Å². The minimum Gasteiger partial charge on any atom is -0.478 e. The van der Waals surface area contributed by atoms with E-state index < -0.39 is 18.0 Å². The van der Waals surface area contributed by atoms with Crippen molar-refractivity contribution in [3.8, 4) is 0 Å². The Labute approximate surface area is 202 Å². The van der Waals surface area contributed by atoms with E-state index in [9.17, 15) is 9.59 Å². The third-order valence-electron chi connectivity index (χ3n) is 7.12. The number of ether oxygens (including phenoxy) is 4. The smallest absolute Gasteiger partial charge is 0.331 e. The summed E-state index contributed by atoms with van der Waals surface area (Å²) in [7, 11) is 1.67. The molecule has 0 bridgehead atoms. The number of hydrogen-bond donors (Lipinski definition) is 1. The molecule has 2 saturated heterocycles. The molecular weight excluding hydrogens is 436 g/mol. The molecule has 2 aliphatic heterocycles. The molecule has 0 aromatic heterocycles. The Hall–Kier alpha value is -2.22. The predicted molar refractivity (Wildman–Crippen MR) is 128 cm³/mol. The molecule has 1 aliphatic carbocycles. The third kappa shape index (κ3) is 6.26. The molecule has 1 spiro atoms. The van der Waals surface area contributed by atoms with Crippen LogP contribution >= 0.6 is 0 Å². The van der Waals surface area contributed by atoms with Gasteiger partial charge in [-0.15, -0.1) is 0 Å². The van der Waals surface area contributed by atoms with Crippen LogP contribution in [0.15, 0.2) is 48.6 Å². The molecule has 0 unspecified atom stereocenters. The Morgan fingerprint density at radius 1 is 1.09 bits per heavy atom. The molecule has 7 heteroatoms. The number of carbonyl (C=O) groups excluding carboxylic acids is 1. The summed E-state index contributed by atoms with van der Waals surface area (Å²) in [6.07, 6.45) is 14.5. The fourth-order valence-corrected chi connectivity index (χ4v) is 5.37. The van der Waals surface area contributed by atoms with Gasteiger partial charge in [-0.3, -0.25) is 0 Å². The highest BCUT2D eigenvalue weighted by Crippen LogP contribution is 2.60. The maximum atomic E-state index is 12.6. The van der Waals surface area contributed by atoms with Crippen LogP contribution in [0.1, 0.15) is 47.0 Å². The van der Waals surface area contributed by atoms with E-state index in [1.807, 2.05) is 0 Å². The quantitative estimate of drug-likeness (QED) is 0.207. The number of allylic oxidation sites excluding steroid dienone is 6. The van der Waals surface area contributed by atoms with Crippen molar-refractivity contribution in [2.75, 3.05) is 13.7 Å². The average molecular weight is 475 g/mol. The highest BCUT2D eigenvalue weighted by molar-refractivity contribution is 5.82. The van der Waals surface area contributed by atoms with Crippen LogP contribution in [0.5, 0.6) is 0 Å². The van der Waals surface area contributed by atoms with Gasteiger partial charge < -0.3 is 24.1 Å². The van der Waals surface area contributed by atoms with Crippen molar-refractivity contribution in [1.29, 1.82) is 0 Å². The number of epoxide rings is 2.